The third-order valence-corrected chi connectivity index (χ3v) is 2.84. The maximum atomic E-state index is 11.7. The number of nitrogen functional groups attached to an aromatic ring is 1. The van der Waals surface area contributed by atoms with Gasteiger partial charge in [-0.15, -0.1) is 0 Å². The summed E-state index contributed by atoms with van der Waals surface area (Å²) >= 11 is 0. The predicted octanol–water partition coefficient (Wildman–Crippen LogP) is 1.30. The van der Waals surface area contributed by atoms with Crippen LogP contribution in [0.25, 0.3) is 0 Å². The Labute approximate surface area is 114 Å². The third-order valence-electron chi connectivity index (χ3n) is 2.84. The van der Waals surface area contributed by atoms with E-state index in [1.54, 1.807) is 31.2 Å². The van der Waals surface area contributed by atoms with Gasteiger partial charge in [0, 0.05) is 30.9 Å². The highest BCUT2D eigenvalue weighted by Crippen LogP contribution is 2.10. The van der Waals surface area contributed by atoms with Crippen LogP contribution in [0.15, 0.2) is 24.3 Å². The lowest BCUT2D eigenvalue weighted by Crippen LogP contribution is -2.26. The van der Waals surface area contributed by atoms with Gasteiger partial charge in [-0.3, -0.25) is 4.79 Å². The molecule has 1 unspecified atom stereocenters. The number of benzene rings is 1. The molecule has 1 atom stereocenters. The van der Waals surface area contributed by atoms with Crippen LogP contribution in [0.4, 0.5) is 11.4 Å². The zero-order valence-corrected chi connectivity index (χ0v) is 11.6. The fourth-order valence-corrected chi connectivity index (χ4v) is 1.60. The lowest BCUT2D eigenvalue weighted by atomic mass is 10.2. The monoisotopic (exact) mass is 265 g/mol. The van der Waals surface area contributed by atoms with Crippen molar-refractivity contribution in [2.45, 2.75) is 25.9 Å². The molecule has 1 aromatic rings. The number of hydrogen-bond donors (Lipinski definition) is 3. The summed E-state index contributed by atoms with van der Waals surface area (Å²) in [6.45, 7) is 3.22. The topological polar surface area (TPSA) is 78.6 Å². The quantitative estimate of drug-likeness (QED) is 0.649. The van der Waals surface area contributed by atoms with Crippen molar-refractivity contribution in [3.8, 4) is 0 Å². The molecule has 0 radical (unpaired) electrons. The van der Waals surface area contributed by atoms with Crippen LogP contribution in [-0.2, 0) is 4.79 Å². The molecule has 4 N–H and O–H groups in total. The maximum absolute atomic E-state index is 11.7. The number of carbonyl (C=O) groups excluding carboxylic acids is 1. The van der Waals surface area contributed by atoms with Gasteiger partial charge in [0.25, 0.3) is 0 Å². The lowest BCUT2D eigenvalue weighted by molar-refractivity contribution is -0.116. The van der Waals surface area contributed by atoms with Gasteiger partial charge in [-0.1, -0.05) is 0 Å². The van der Waals surface area contributed by atoms with Gasteiger partial charge in [0.1, 0.15) is 0 Å². The summed E-state index contributed by atoms with van der Waals surface area (Å²) in [6.07, 6.45) is 0.850. The summed E-state index contributed by atoms with van der Waals surface area (Å²) in [7, 11) is 1.94. The fourth-order valence-electron chi connectivity index (χ4n) is 1.60. The first-order valence-corrected chi connectivity index (χ1v) is 6.49. The van der Waals surface area contributed by atoms with E-state index in [4.69, 9.17) is 5.73 Å². The molecule has 0 aliphatic rings. The zero-order valence-electron chi connectivity index (χ0n) is 11.6. The number of anilines is 2. The van der Waals surface area contributed by atoms with Crippen molar-refractivity contribution in [1.82, 2.24) is 4.90 Å². The van der Waals surface area contributed by atoms with E-state index in [0.29, 0.717) is 18.7 Å². The molecule has 0 aliphatic carbocycles. The molecule has 106 valence electrons. The minimum absolute atomic E-state index is 0.0198. The number of nitrogens with one attached hydrogen (secondary N) is 1. The van der Waals surface area contributed by atoms with Crippen LogP contribution in [0.3, 0.4) is 0 Å². The van der Waals surface area contributed by atoms with E-state index in [9.17, 15) is 9.90 Å². The second-order valence-corrected chi connectivity index (χ2v) is 4.86. The molecule has 19 heavy (non-hydrogen) atoms. The molecular formula is C14H23N3O2. The molecule has 5 heteroatoms. The number of nitrogens with two attached hydrogens (primary N) is 1. The summed E-state index contributed by atoms with van der Waals surface area (Å²) < 4.78 is 0. The van der Waals surface area contributed by atoms with Crippen LogP contribution in [0.2, 0.25) is 0 Å². The Morgan fingerprint density at radius 2 is 2.00 bits per heavy atom. The molecule has 1 rings (SSSR count). The van der Waals surface area contributed by atoms with Gasteiger partial charge in [0.15, 0.2) is 0 Å². The Hall–Kier alpha value is -1.59. The van der Waals surface area contributed by atoms with Crippen molar-refractivity contribution in [2.75, 3.05) is 31.2 Å². The van der Waals surface area contributed by atoms with Crippen LogP contribution in [0.1, 0.15) is 19.8 Å². The Kier molecular flexibility index (Phi) is 6.32. The van der Waals surface area contributed by atoms with Crippen LogP contribution in [0.5, 0.6) is 0 Å². The van der Waals surface area contributed by atoms with Crippen LogP contribution in [0, 0.1) is 0 Å². The summed E-state index contributed by atoms with van der Waals surface area (Å²) in [4.78, 5) is 13.8. The first-order valence-electron chi connectivity index (χ1n) is 6.49. The fraction of sp³-hybridized carbons (Fsp3) is 0.500. The Bertz CT molecular complexity index is 390. The number of carbonyl (C=O) groups is 1. The van der Waals surface area contributed by atoms with E-state index < -0.39 is 0 Å². The Morgan fingerprint density at radius 1 is 1.37 bits per heavy atom. The molecule has 1 aromatic carbocycles. The highest BCUT2D eigenvalue weighted by Gasteiger charge is 2.06. The molecule has 0 aromatic heterocycles. The van der Waals surface area contributed by atoms with Crippen LogP contribution < -0.4 is 11.1 Å². The van der Waals surface area contributed by atoms with Gasteiger partial charge in [-0.2, -0.15) is 0 Å². The van der Waals surface area contributed by atoms with Gasteiger partial charge in [0.05, 0.1) is 6.10 Å². The number of aliphatic hydroxyl groups excluding tert-OH is 1. The van der Waals surface area contributed by atoms with Gasteiger partial charge >= 0.3 is 0 Å². The van der Waals surface area contributed by atoms with Crippen molar-refractivity contribution in [2.24, 2.45) is 0 Å². The van der Waals surface area contributed by atoms with Crippen LogP contribution in [-0.4, -0.2) is 42.2 Å². The molecule has 0 spiro atoms. The van der Waals surface area contributed by atoms with E-state index in [0.717, 1.165) is 18.7 Å². The molecule has 1 amide bonds. The Morgan fingerprint density at radius 3 is 2.58 bits per heavy atom. The van der Waals surface area contributed by atoms with Crippen LogP contribution >= 0.6 is 0 Å². The summed E-state index contributed by atoms with van der Waals surface area (Å²) in [6, 6.07) is 7.07. The predicted molar refractivity (Wildman–Crippen MR) is 77.9 cm³/mol. The second-order valence-electron chi connectivity index (χ2n) is 4.86. The van der Waals surface area contributed by atoms with Crippen molar-refractivity contribution in [3.05, 3.63) is 24.3 Å². The molecule has 0 fully saturated rings. The normalized spacial score (nSPS) is 12.4. The first-order chi connectivity index (χ1) is 8.97. The van der Waals surface area contributed by atoms with Gasteiger partial charge in [-0.25, -0.2) is 0 Å². The Balaban J connectivity index is 2.26. The lowest BCUT2D eigenvalue weighted by Gasteiger charge is -2.17. The van der Waals surface area contributed by atoms with Crippen molar-refractivity contribution < 1.29 is 9.90 Å². The number of amides is 1. The minimum atomic E-state index is -0.300. The minimum Gasteiger partial charge on any atom is -0.399 e. The molecule has 0 heterocycles. The second kappa shape index (κ2) is 7.76. The van der Waals surface area contributed by atoms with Crippen molar-refractivity contribution in [1.29, 1.82) is 0 Å². The van der Waals surface area contributed by atoms with E-state index >= 15 is 0 Å². The molecule has 5 nitrogen and oxygen atoms in total. The number of aliphatic hydroxyl groups is 1. The standard InChI is InChI=1S/C14H23N3O2/c1-11(18)7-9-17(2)10-8-14(19)16-13-5-3-12(15)4-6-13/h3-6,11,18H,7-10,15H2,1-2H3,(H,16,19). The zero-order chi connectivity index (χ0) is 14.3. The molecule has 0 saturated carbocycles. The number of hydrogen-bond acceptors (Lipinski definition) is 4. The smallest absolute Gasteiger partial charge is 0.225 e. The molecule has 0 bridgehead atoms. The third kappa shape index (κ3) is 6.79. The number of nitrogens with zero attached hydrogens (tertiary/aromatic N) is 1. The van der Waals surface area contributed by atoms with E-state index in [-0.39, 0.29) is 12.0 Å². The van der Waals surface area contributed by atoms with Gasteiger partial charge < -0.3 is 21.1 Å². The SMILES string of the molecule is CC(O)CCN(C)CCC(=O)Nc1ccc(N)cc1. The number of rotatable bonds is 7. The van der Waals surface area contributed by atoms with E-state index in [2.05, 4.69) is 5.32 Å². The molecule has 0 saturated heterocycles. The maximum Gasteiger partial charge on any atom is 0.225 e. The average molecular weight is 265 g/mol. The van der Waals surface area contributed by atoms with E-state index in [1.165, 1.54) is 0 Å². The van der Waals surface area contributed by atoms with Gasteiger partial charge in [0.2, 0.25) is 5.91 Å². The molecular weight excluding hydrogens is 242 g/mol. The largest absolute Gasteiger partial charge is 0.399 e. The highest BCUT2D eigenvalue weighted by molar-refractivity contribution is 5.90. The molecule has 0 aliphatic heterocycles. The average Bonchev–Trinajstić information content (AvgIpc) is 2.36. The van der Waals surface area contributed by atoms with Crippen molar-refractivity contribution in [3.63, 3.8) is 0 Å². The van der Waals surface area contributed by atoms with E-state index in [1.807, 2.05) is 11.9 Å². The highest BCUT2D eigenvalue weighted by atomic mass is 16.3. The first kappa shape index (κ1) is 15.5. The summed E-state index contributed by atoms with van der Waals surface area (Å²) in [5, 5.41) is 12.0. The van der Waals surface area contributed by atoms with Gasteiger partial charge in [-0.05, 0) is 44.7 Å². The summed E-state index contributed by atoms with van der Waals surface area (Å²) in [5.41, 5.74) is 7.01. The summed E-state index contributed by atoms with van der Waals surface area (Å²) in [5.74, 6) is -0.0198. The van der Waals surface area contributed by atoms with Crippen molar-refractivity contribution >= 4 is 17.3 Å².